The van der Waals surface area contributed by atoms with Crippen molar-refractivity contribution >= 4 is 38.3 Å². The highest BCUT2D eigenvalue weighted by Crippen LogP contribution is 2.31. The molecule has 0 saturated carbocycles. The van der Waals surface area contributed by atoms with Crippen molar-refractivity contribution in [2.75, 3.05) is 19.0 Å². The third-order valence-electron chi connectivity index (χ3n) is 6.82. The fourth-order valence-corrected chi connectivity index (χ4v) is 5.57. The zero-order valence-corrected chi connectivity index (χ0v) is 22.2. The SMILES string of the molecule is C[C@H](Cc1ncnc2scnc12)c1cc2cccc(-c3ccc(N(C)C)nc3)c2c(=O)n1-c1ccccc1. The van der Waals surface area contributed by atoms with Crippen LogP contribution in [0.5, 0.6) is 0 Å². The zero-order valence-electron chi connectivity index (χ0n) is 21.4. The highest BCUT2D eigenvalue weighted by Gasteiger charge is 2.20. The molecule has 0 aliphatic carbocycles. The highest BCUT2D eigenvalue weighted by molar-refractivity contribution is 7.16. The Hall–Kier alpha value is -4.43. The van der Waals surface area contributed by atoms with E-state index in [2.05, 4.69) is 32.9 Å². The molecule has 6 rings (SSSR count). The van der Waals surface area contributed by atoms with Gasteiger partial charge in [0.25, 0.3) is 5.56 Å². The lowest BCUT2D eigenvalue weighted by Gasteiger charge is -2.21. The van der Waals surface area contributed by atoms with Crippen LogP contribution in [0.4, 0.5) is 5.82 Å². The van der Waals surface area contributed by atoms with Crippen LogP contribution in [0.15, 0.2) is 89.6 Å². The molecule has 2 aromatic carbocycles. The average Bonchev–Trinajstić information content (AvgIpc) is 3.43. The van der Waals surface area contributed by atoms with Crippen LogP contribution in [-0.2, 0) is 6.42 Å². The second-order valence-electron chi connectivity index (χ2n) is 9.55. The van der Waals surface area contributed by atoms with Crippen LogP contribution >= 0.6 is 11.3 Å². The van der Waals surface area contributed by atoms with Gasteiger partial charge in [-0.1, -0.05) is 43.3 Å². The lowest BCUT2D eigenvalue weighted by Crippen LogP contribution is -2.24. The summed E-state index contributed by atoms with van der Waals surface area (Å²) in [5.74, 6) is 0.863. The Bertz CT molecular complexity index is 1810. The summed E-state index contributed by atoms with van der Waals surface area (Å²) >= 11 is 1.51. The number of hydrogen-bond acceptors (Lipinski definition) is 7. The molecule has 0 spiro atoms. The maximum Gasteiger partial charge on any atom is 0.263 e. The predicted octanol–water partition coefficient (Wildman–Crippen LogP) is 5.86. The van der Waals surface area contributed by atoms with Crippen LogP contribution in [0.2, 0.25) is 0 Å². The molecule has 0 unspecified atom stereocenters. The molecule has 188 valence electrons. The van der Waals surface area contributed by atoms with Gasteiger partial charge in [-0.05, 0) is 41.3 Å². The van der Waals surface area contributed by atoms with E-state index in [1.54, 1.807) is 11.8 Å². The Morgan fingerprint density at radius 2 is 1.79 bits per heavy atom. The molecule has 8 heteroatoms. The first-order valence-electron chi connectivity index (χ1n) is 12.4. The van der Waals surface area contributed by atoms with Crippen molar-refractivity contribution in [1.82, 2.24) is 24.5 Å². The van der Waals surface area contributed by atoms with Gasteiger partial charge in [0.2, 0.25) is 0 Å². The van der Waals surface area contributed by atoms with Crippen LogP contribution in [-0.4, -0.2) is 38.6 Å². The molecule has 0 saturated heterocycles. The molecule has 0 N–H and O–H groups in total. The minimum Gasteiger partial charge on any atom is -0.363 e. The molecule has 7 nitrogen and oxygen atoms in total. The first-order valence-corrected chi connectivity index (χ1v) is 13.3. The minimum atomic E-state index is -0.0515. The van der Waals surface area contributed by atoms with Crippen molar-refractivity contribution in [2.24, 2.45) is 0 Å². The van der Waals surface area contributed by atoms with E-state index in [1.807, 2.05) is 90.4 Å². The van der Waals surface area contributed by atoms with Crippen molar-refractivity contribution in [3.8, 4) is 16.8 Å². The summed E-state index contributed by atoms with van der Waals surface area (Å²) in [5.41, 5.74) is 6.99. The summed E-state index contributed by atoms with van der Waals surface area (Å²) in [6, 6.07) is 22.0. The maximum absolute atomic E-state index is 14.3. The molecule has 6 aromatic rings. The number of pyridine rings is 2. The van der Waals surface area contributed by atoms with Crippen LogP contribution < -0.4 is 10.5 Å². The molecule has 0 bridgehead atoms. The number of anilines is 1. The number of hydrogen-bond donors (Lipinski definition) is 0. The van der Waals surface area contributed by atoms with Gasteiger partial charge < -0.3 is 4.90 Å². The molecule has 1 atom stereocenters. The van der Waals surface area contributed by atoms with Gasteiger partial charge in [-0.25, -0.2) is 19.9 Å². The summed E-state index contributed by atoms with van der Waals surface area (Å²) in [4.78, 5) is 35.1. The van der Waals surface area contributed by atoms with E-state index in [9.17, 15) is 4.79 Å². The second kappa shape index (κ2) is 9.79. The Morgan fingerprint density at radius 3 is 2.55 bits per heavy atom. The fraction of sp³-hybridized carbons (Fsp3) is 0.167. The average molecular weight is 519 g/mol. The highest BCUT2D eigenvalue weighted by atomic mass is 32.1. The van der Waals surface area contributed by atoms with E-state index in [0.29, 0.717) is 11.8 Å². The lowest BCUT2D eigenvalue weighted by atomic mass is 9.95. The van der Waals surface area contributed by atoms with E-state index >= 15 is 0 Å². The summed E-state index contributed by atoms with van der Waals surface area (Å²) < 4.78 is 1.84. The number of benzene rings is 2. The maximum atomic E-state index is 14.3. The van der Waals surface area contributed by atoms with Gasteiger partial charge in [0.1, 0.15) is 22.5 Å². The molecular formula is C30H26N6OS. The summed E-state index contributed by atoms with van der Waals surface area (Å²) in [6.07, 6.45) is 4.06. The van der Waals surface area contributed by atoms with Crippen molar-refractivity contribution in [3.05, 3.63) is 107 Å². The summed E-state index contributed by atoms with van der Waals surface area (Å²) in [7, 11) is 3.92. The number of thiazole rings is 1. The Kier molecular flexibility index (Phi) is 6.17. The van der Waals surface area contributed by atoms with Gasteiger partial charge in [0, 0.05) is 49.6 Å². The van der Waals surface area contributed by atoms with E-state index in [4.69, 9.17) is 0 Å². The minimum absolute atomic E-state index is 0.00296. The molecule has 4 aromatic heterocycles. The van der Waals surface area contributed by atoms with E-state index in [0.717, 1.165) is 49.8 Å². The van der Waals surface area contributed by atoms with E-state index in [1.165, 1.54) is 11.3 Å². The normalized spacial score (nSPS) is 12.2. The van der Waals surface area contributed by atoms with Gasteiger partial charge in [0.15, 0.2) is 0 Å². The first kappa shape index (κ1) is 23.9. The molecule has 0 aliphatic rings. The van der Waals surface area contributed by atoms with E-state index < -0.39 is 0 Å². The van der Waals surface area contributed by atoms with Gasteiger partial charge >= 0.3 is 0 Å². The summed E-state index contributed by atoms with van der Waals surface area (Å²) in [6.45, 7) is 2.13. The molecular weight excluding hydrogens is 492 g/mol. The van der Waals surface area contributed by atoms with Gasteiger partial charge in [0.05, 0.1) is 16.6 Å². The molecule has 38 heavy (non-hydrogen) atoms. The van der Waals surface area contributed by atoms with Gasteiger partial charge in [-0.15, -0.1) is 11.3 Å². The zero-order chi connectivity index (χ0) is 26.2. The van der Waals surface area contributed by atoms with Crippen LogP contribution in [0, 0.1) is 0 Å². The van der Waals surface area contributed by atoms with Gasteiger partial charge in [-0.3, -0.25) is 9.36 Å². The molecule has 0 amide bonds. The van der Waals surface area contributed by atoms with Crippen molar-refractivity contribution in [2.45, 2.75) is 19.3 Å². The molecule has 4 heterocycles. The monoisotopic (exact) mass is 518 g/mol. The Morgan fingerprint density at radius 1 is 0.947 bits per heavy atom. The van der Waals surface area contributed by atoms with Crippen LogP contribution in [0.1, 0.15) is 24.2 Å². The molecule has 0 fully saturated rings. The Labute approximate surface area is 224 Å². The largest absolute Gasteiger partial charge is 0.363 e. The first-order chi connectivity index (χ1) is 18.5. The number of para-hydroxylation sites is 1. The van der Waals surface area contributed by atoms with Crippen LogP contribution in [0.3, 0.4) is 0 Å². The van der Waals surface area contributed by atoms with Gasteiger partial charge in [-0.2, -0.15) is 0 Å². The second-order valence-corrected chi connectivity index (χ2v) is 10.4. The van der Waals surface area contributed by atoms with E-state index in [-0.39, 0.29) is 11.5 Å². The molecule has 0 radical (unpaired) electrons. The molecule has 0 aliphatic heterocycles. The summed E-state index contributed by atoms with van der Waals surface area (Å²) in [5, 5.41) is 1.58. The number of fused-ring (bicyclic) bond motifs is 2. The smallest absolute Gasteiger partial charge is 0.263 e. The lowest BCUT2D eigenvalue weighted by molar-refractivity contribution is 0.687. The third kappa shape index (κ3) is 4.22. The fourth-order valence-electron chi connectivity index (χ4n) is 4.92. The Balaban J connectivity index is 1.54. The predicted molar refractivity (Wildman–Crippen MR) is 154 cm³/mol. The van der Waals surface area contributed by atoms with Crippen LogP contribution in [0.25, 0.3) is 37.9 Å². The number of aromatic nitrogens is 5. The third-order valence-corrected chi connectivity index (χ3v) is 7.55. The number of rotatable bonds is 6. The topological polar surface area (TPSA) is 76.8 Å². The van der Waals surface area contributed by atoms with Crippen molar-refractivity contribution < 1.29 is 0 Å². The van der Waals surface area contributed by atoms with Crippen molar-refractivity contribution in [3.63, 3.8) is 0 Å². The van der Waals surface area contributed by atoms with Crippen molar-refractivity contribution in [1.29, 1.82) is 0 Å². The number of nitrogens with zero attached hydrogens (tertiary/aromatic N) is 6. The quantitative estimate of drug-likeness (QED) is 0.275. The standard InChI is InChI=1S/C30H26N6OS/c1-19(14-24-28-29(33-17-32-24)38-18-34-28)25-15-20-8-7-11-23(21-12-13-26(31-16-21)35(2)3)27(20)30(37)36(25)22-9-5-4-6-10-22/h4-13,15-19H,14H2,1-3H3/t19-/m1/s1.